The first-order chi connectivity index (χ1) is 8.75. The smallest absolute Gasteiger partial charge is 0.389 e. The predicted molar refractivity (Wildman–Crippen MR) is 70.1 cm³/mol. The van der Waals surface area contributed by atoms with Gasteiger partial charge in [0.1, 0.15) is 16.5 Å². The first-order valence-electron chi connectivity index (χ1n) is 5.39. The molecule has 1 unspecified atom stereocenters. The van der Waals surface area contributed by atoms with Crippen LogP contribution < -0.4 is 11.1 Å². The first-order valence-corrected chi connectivity index (χ1v) is 5.80. The number of hydrogen-bond donors (Lipinski definition) is 2. The Morgan fingerprint density at radius 3 is 2.63 bits per heavy atom. The Balaban J connectivity index is 3.12. The van der Waals surface area contributed by atoms with Gasteiger partial charge in [0.2, 0.25) is 0 Å². The van der Waals surface area contributed by atoms with Gasteiger partial charge in [0, 0.05) is 13.2 Å². The number of aromatic nitrogens is 1. The Morgan fingerprint density at radius 2 is 2.16 bits per heavy atom. The molecular weight excluding hydrogens is 279 g/mol. The number of halogens is 3. The van der Waals surface area contributed by atoms with Crippen LogP contribution in [0.4, 0.5) is 19.0 Å². The van der Waals surface area contributed by atoms with E-state index in [1.165, 1.54) is 13.2 Å². The van der Waals surface area contributed by atoms with Crippen molar-refractivity contribution < 1.29 is 17.9 Å². The van der Waals surface area contributed by atoms with Crippen molar-refractivity contribution in [2.24, 2.45) is 5.73 Å². The summed E-state index contributed by atoms with van der Waals surface area (Å²) in [7, 11) is 1.49. The maximum atomic E-state index is 12.6. The van der Waals surface area contributed by atoms with Crippen molar-refractivity contribution in [3.8, 4) is 0 Å². The maximum Gasteiger partial charge on any atom is 0.433 e. The quantitative estimate of drug-likeness (QED) is 0.815. The highest BCUT2D eigenvalue weighted by Gasteiger charge is 2.33. The number of alkyl halides is 3. The molecule has 1 aromatic heterocycles. The number of thiocarbonyl (C=S) groups is 1. The van der Waals surface area contributed by atoms with Gasteiger partial charge in [-0.2, -0.15) is 13.2 Å². The Labute approximate surface area is 114 Å². The monoisotopic (exact) mass is 293 g/mol. The van der Waals surface area contributed by atoms with Gasteiger partial charge in [0.25, 0.3) is 0 Å². The number of hydrogen-bond acceptors (Lipinski definition) is 4. The van der Waals surface area contributed by atoms with Crippen LogP contribution in [-0.4, -0.2) is 29.7 Å². The zero-order chi connectivity index (χ0) is 14.6. The summed E-state index contributed by atoms with van der Waals surface area (Å²) >= 11 is 4.79. The lowest BCUT2D eigenvalue weighted by Gasteiger charge is -2.17. The van der Waals surface area contributed by atoms with Crippen molar-refractivity contribution >= 4 is 23.0 Å². The van der Waals surface area contributed by atoms with Crippen LogP contribution in [0, 0.1) is 0 Å². The van der Waals surface area contributed by atoms with Crippen molar-refractivity contribution in [3.63, 3.8) is 0 Å². The Bertz CT molecular complexity index is 465. The molecular formula is C11H14F3N3OS. The Kier molecular flexibility index (Phi) is 5.07. The van der Waals surface area contributed by atoms with E-state index in [-0.39, 0.29) is 22.4 Å². The van der Waals surface area contributed by atoms with E-state index >= 15 is 0 Å². The molecule has 0 aliphatic heterocycles. The average molecular weight is 293 g/mol. The lowest BCUT2D eigenvalue weighted by Crippen LogP contribution is -2.25. The molecule has 8 heteroatoms. The van der Waals surface area contributed by atoms with Crippen LogP contribution in [0.1, 0.15) is 18.2 Å². The number of nitrogens with two attached hydrogens (primary N) is 1. The molecule has 0 saturated carbocycles. The summed E-state index contributed by atoms with van der Waals surface area (Å²) in [5.41, 5.74) is 4.73. The molecule has 0 bridgehead atoms. The van der Waals surface area contributed by atoms with Gasteiger partial charge in [-0.3, -0.25) is 0 Å². The molecule has 0 fully saturated rings. The molecule has 0 aliphatic rings. The number of nitrogens with one attached hydrogen (secondary N) is 1. The highest BCUT2D eigenvalue weighted by atomic mass is 32.1. The fourth-order valence-electron chi connectivity index (χ4n) is 1.45. The van der Waals surface area contributed by atoms with Crippen LogP contribution in [0.2, 0.25) is 0 Å². The summed E-state index contributed by atoms with van der Waals surface area (Å²) in [5.74, 6) is 0.00637. The Morgan fingerprint density at radius 1 is 1.53 bits per heavy atom. The van der Waals surface area contributed by atoms with Crippen LogP contribution in [0.5, 0.6) is 0 Å². The summed E-state index contributed by atoms with van der Waals surface area (Å²) in [6.07, 6.45) is -4.52. The molecule has 3 N–H and O–H groups in total. The second-order valence-electron chi connectivity index (χ2n) is 3.96. The second-order valence-corrected chi connectivity index (χ2v) is 4.40. The summed E-state index contributed by atoms with van der Waals surface area (Å²) < 4.78 is 42.7. The normalized spacial score (nSPS) is 13.1. The number of methoxy groups -OCH3 is 1. The van der Waals surface area contributed by atoms with Crippen molar-refractivity contribution in [3.05, 3.63) is 23.4 Å². The van der Waals surface area contributed by atoms with Gasteiger partial charge >= 0.3 is 6.18 Å². The third-order valence-corrected chi connectivity index (χ3v) is 2.47. The highest BCUT2D eigenvalue weighted by molar-refractivity contribution is 7.80. The molecule has 0 radical (unpaired) electrons. The minimum Gasteiger partial charge on any atom is -0.389 e. The first kappa shape index (κ1) is 15.6. The molecule has 4 nitrogen and oxygen atoms in total. The van der Waals surface area contributed by atoms with E-state index in [0.717, 1.165) is 6.07 Å². The summed E-state index contributed by atoms with van der Waals surface area (Å²) in [6, 6.07) is 1.83. The van der Waals surface area contributed by atoms with E-state index in [9.17, 15) is 13.2 Å². The molecule has 106 valence electrons. The number of rotatable bonds is 5. The maximum absolute atomic E-state index is 12.6. The van der Waals surface area contributed by atoms with E-state index < -0.39 is 11.9 Å². The molecule has 1 aromatic rings. The standard InChI is InChI=1S/C11H14F3N3OS/c1-6(5-18-2)16-10-7(9(15)19)3-4-8(17-10)11(12,13)14/h3-4,6H,5H2,1-2H3,(H2,15,19)(H,16,17). The fourth-order valence-corrected chi connectivity index (χ4v) is 1.62. The molecule has 0 aliphatic carbocycles. The Hall–Kier alpha value is -1.41. The zero-order valence-electron chi connectivity index (χ0n) is 10.4. The minimum atomic E-state index is -4.52. The summed E-state index contributed by atoms with van der Waals surface area (Å²) in [6.45, 7) is 2.06. The van der Waals surface area contributed by atoms with E-state index in [1.807, 2.05) is 0 Å². The van der Waals surface area contributed by atoms with Crippen LogP contribution in [0.25, 0.3) is 0 Å². The molecule has 0 saturated heterocycles. The molecule has 1 heterocycles. The molecule has 0 spiro atoms. The van der Waals surface area contributed by atoms with Crippen LogP contribution in [-0.2, 0) is 10.9 Å². The molecule has 19 heavy (non-hydrogen) atoms. The van der Waals surface area contributed by atoms with Crippen molar-refractivity contribution in [1.82, 2.24) is 4.98 Å². The van der Waals surface area contributed by atoms with Crippen molar-refractivity contribution in [2.75, 3.05) is 19.0 Å². The third-order valence-electron chi connectivity index (χ3n) is 2.25. The lowest BCUT2D eigenvalue weighted by molar-refractivity contribution is -0.141. The number of pyridine rings is 1. The number of ether oxygens (including phenoxy) is 1. The minimum absolute atomic E-state index is 0.00637. The van der Waals surface area contributed by atoms with Crippen molar-refractivity contribution in [2.45, 2.75) is 19.1 Å². The third kappa shape index (κ3) is 4.32. The second kappa shape index (κ2) is 6.16. The van der Waals surface area contributed by atoms with E-state index in [1.54, 1.807) is 6.92 Å². The van der Waals surface area contributed by atoms with E-state index in [2.05, 4.69) is 10.3 Å². The molecule has 1 atom stereocenters. The van der Waals surface area contributed by atoms with E-state index in [0.29, 0.717) is 6.61 Å². The zero-order valence-corrected chi connectivity index (χ0v) is 11.2. The largest absolute Gasteiger partial charge is 0.433 e. The highest BCUT2D eigenvalue weighted by Crippen LogP contribution is 2.29. The van der Waals surface area contributed by atoms with Gasteiger partial charge in [-0.05, 0) is 19.1 Å². The average Bonchev–Trinajstić information content (AvgIpc) is 2.27. The van der Waals surface area contributed by atoms with Gasteiger partial charge < -0.3 is 15.8 Å². The van der Waals surface area contributed by atoms with Gasteiger partial charge in [-0.1, -0.05) is 12.2 Å². The predicted octanol–water partition coefficient (Wildman–Crippen LogP) is 2.18. The van der Waals surface area contributed by atoms with E-state index in [4.69, 9.17) is 22.7 Å². The van der Waals surface area contributed by atoms with Gasteiger partial charge in [0.05, 0.1) is 12.2 Å². The van der Waals surface area contributed by atoms with Crippen LogP contribution in [0.3, 0.4) is 0 Å². The van der Waals surface area contributed by atoms with Gasteiger partial charge in [-0.15, -0.1) is 0 Å². The topological polar surface area (TPSA) is 60.2 Å². The fraction of sp³-hybridized carbons (Fsp3) is 0.455. The van der Waals surface area contributed by atoms with Gasteiger partial charge in [0.15, 0.2) is 0 Å². The lowest BCUT2D eigenvalue weighted by atomic mass is 10.2. The van der Waals surface area contributed by atoms with Crippen molar-refractivity contribution in [1.29, 1.82) is 0 Å². The van der Waals surface area contributed by atoms with Gasteiger partial charge in [-0.25, -0.2) is 4.98 Å². The summed E-state index contributed by atoms with van der Waals surface area (Å²) in [5, 5.41) is 2.80. The molecule has 0 aromatic carbocycles. The number of anilines is 1. The molecule has 0 amide bonds. The summed E-state index contributed by atoms with van der Waals surface area (Å²) in [4.78, 5) is 3.51. The molecule has 1 rings (SSSR count). The van der Waals surface area contributed by atoms with Crippen LogP contribution >= 0.6 is 12.2 Å². The number of nitrogens with zero attached hydrogens (tertiary/aromatic N) is 1. The SMILES string of the molecule is COCC(C)Nc1nc(C(F)(F)F)ccc1C(N)=S. The van der Waals surface area contributed by atoms with Crippen LogP contribution in [0.15, 0.2) is 12.1 Å².